The van der Waals surface area contributed by atoms with E-state index in [-0.39, 0.29) is 17.7 Å². The Morgan fingerprint density at radius 3 is 2.23 bits per heavy atom. The van der Waals surface area contributed by atoms with E-state index in [1.807, 2.05) is 0 Å². The molecule has 0 heterocycles. The number of carbonyl (C=O) groups is 3. The molecule has 0 saturated heterocycles. The summed E-state index contributed by atoms with van der Waals surface area (Å²) >= 11 is 0. The van der Waals surface area contributed by atoms with E-state index < -0.39 is 23.2 Å². The van der Waals surface area contributed by atoms with Crippen LogP contribution in [0.5, 0.6) is 5.75 Å². The molecule has 2 fully saturated rings. The van der Waals surface area contributed by atoms with Gasteiger partial charge in [-0.2, -0.15) is 0 Å². The minimum absolute atomic E-state index is 0.0133. The van der Waals surface area contributed by atoms with Gasteiger partial charge in [-0.1, -0.05) is 20.3 Å². The van der Waals surface area contributed by atoms with E-state index in [9.17, 15) is 19.5 Å². The largest absolute Gasteiger partial charge is 0.497 e. The third-order valence-electron chi connectivity index (χ3n) is 5.59. The van der Waals surface area contributed by atoms with Crippen LogP contribution in [0.4, 0.5) is 11.4 Å². The van der Waals surface area contributed by atoms with Crippen LogP contribution in [0.1, 0.15) is 33.1 Å². The molecule has 0 aliphatic heterocycles. The van der Waals surface area contributed by atoms with E-state index in [1.165, 1.54) is 7.11 Å². The average molecular weight is 360 g/mol. The van der Waals surface area contributed by atoms with Gasteiger partial charge in [-0.3, -0.25) is 14.4 Å². The predicted octanol–water partition coefficient (Wildman–Crippen LogP) is 2.73. The van der Waals surface area contributed by atoms with E-state index in [1.54, 1.807) is 32.0 Å². The highest BCUT2D eigenvalue weighted by Gasteiger charge is 2.65. The Kier molecular flexibility index (Phi) is 4.64. The zero-order valence-corrected chi connectivity index (χ0v) is 15.2. The summed E-state index contributed by atoms with van der Waals surface area (Å²) in [7, 11) is 1.51. The van der Waals surface area contributed by atoms with Crippen LogP contribution < -0.4 is 15.4 Å². The van der Waals surface area contributed by atoms with E-state index >= 15 is 0 Å². The molecule has 1 aromatic rings. The Balaban J connectivity index is 1.78. The molecular formula is C19H24N2O5. The zero-order chi connectivity index (χ0) is 19.1. The van der Waals surface area contributed by atoms with Crippen molar-refractivity contribution in [3.05, 3.63) is 18.2 Å². The van der Waals surface area contributed by atoms with Crippen molar-refractivity contribution < 1.29 is 24.2 Å². The molecule has 3 rings (SSSR count). The maximum Gasteiger partial charge on any atom is 0.307 e. The summed E-state index contributed by atoms with van der Waals surface area (Å²) in [5.74, 6) is -2.17. The lowest BCUT2D eigenvalue weighted by Crippen LogP contribution is -2.28. The average Bonchev–Trinajstić information content (AvgIpc) is 3.10. The lowest BCUT2D eigenvalue weighted by atomic mass is 9.85. The highest BCUT2D eigenvalue weighted by molar-refractivity contribution is 6.04. The van der Waals surface area contributed by atoms with Gasteiger partial charge < -0.3 is 20.5 Å². The number of anilines is 2. The first-order valence-electron chi connectivity index (χ1n) is 8.78. The molecule has 2 aliphatic rings. The highest BCUT2D eigenvalue weighted by Crippen LogP contribution is 2.58. The number of nitrogens with one attached hydrogen (secondary N) is 2. The summed E-state index contributed by atoms with van der Waals surface area (Å²) in [5.41, 5.74) is 0.305. The third kappa shape index (κ3) is 3.25. The molecule has 0 bridgehead atoms. The molecule has 0 spiro atoms. The second-order valence-corrected chi connectivity index (χ2v) is 7.63. The molecule has 26 heavy (non-hydrogen) atoms. The van der Waals surface area contributed by atoms with Gasteiger partial charge in [0.15, 0.2) is 0 Å². The Labute approximate surface area is 152 Å². The van der Waals surface area contributed by atoms with Crippen molar-refractivity contribution in [2.45, 2.75) is 33.1 Å². The van der Waals surface area contributed by atoms with Crippen LogP contribution in [0.15, 0.2) is 18.2 Å². The molecule has 7 nitrogen and oxygen atoms in total. The number of hydrogen-bond acceptors (Lipinski definition) is 4. The van der Waals surface area contributed by atoms with Crippen LogP contribution in [-0.4, -0.2) is 30.0 Å². The first kappa shape index (κ1) is 18.2. The second-order valence-electron chi connectivity index (χ2n) is 7.63. The third-order valence-corrected chi connectivity index (χ3v) is 5.59. The van der Waals surface area contributed by atoms with Crippen LogP contribution in [0.3, 0.4) is 0 Å². The number of carboxylic acids is 1. The van der Waals surface area contributed by atoms with Crippen LogP contribution >= 0.6 is 0 Å². The number of aliphatic carboxylic acids is 1. The van der Waals surface area contributed by atoms with Crippen molar-refractivity contribution in [3.63, 3.8) is 0 Å². The summed E-state index contributed by atoms with van der Waals surface area (Å²) in [4.78, 5) is 36.2. The molecule has 2 aliphatic carbocycles. The number of carboxylic acid groups (broad SMARTS) is 1. The number of carbonyl (C=O) groups excluding carboxylic acids is 2. The molecular weight excluding hydrogens is 336 g/mol. The number of amides is 2. The molecule has 0 radical (unpaired) electrons. The summed E-state index contributed by atoms with van der Waals surface area (Å²) in [6.07, 6.45) is 2.80. The number of methoxy groups -OCH3 is 1. The monoisotopic (exact) mass is 360 g/mol. The fourth-order valence-electron chi connectivity index (χ4n) is 3.57. The summed E-state index contributed by atoms with van der Waals surface area (Å²) in [6, 6.07) is 5.00. The maximum atomic E-state index is 12.6. The molecule has 0 unspecified atom stereocenters. The highest BCUT2D eigenvalue weighted by atomic mass is 16.5. The number of hydrogen-bond donors (Lipinski definition) is 3. The molecule has 2 amide bonds. The Morgan fingerprint density at radius 1 is 1.08 bits per heavy atom. The predicted molar refractivity (Wildman–Crippen MR) is 96.0 cm³/mol. The maximum absolute atomic E-state index is 12.6. The number of rotatable bonds is 6. The fourth-order valence-corrected chi connectivity index (χ4v) is 3.57. The van der Waals surface area contributed by atoms with Crippen molar-refractivity contribution in [1.82, 2.24) is 0 Å². The Bertz CT molecular complexity index is 754. The van der Waals surface area contributed by atoms with Crippen molar-refractivity contribution in [1.29, 1.82) is 0 Å². The summed E-state index contributed by atoms with van der Waals surface area (Å²) in [6.45, 7) is 3.53. The van der Waals surface area contributed by atoms with Gasteiger partial charge in [0.2, 0.25) is 11.8 Å². The normalized spacial score (nSPS) is 23.5. The quantitative estimate of drug-likeness (QED) is 0.723. The van der Waals surface area contributed by atoms with Crippen molar-refractivity contribution in [3.8, 4) is 5.75 Å². The van der Waals surface area contributed by atoms with Crippen LogP contribution in [-0.2, 0) is 14.4 Å². The van der Waals surface area contributed by atoms with E-state index in [2.05, 4.69) is 10.6 Å². The minimum atomic E-state index is -0.973. The Hall–Kier alpha value is -2.57. The first-order valence-corrected chi connectivity index (χ1v) is 8.78. The van der Waals surface area contributed by atoms with E-state index in [0.29, 0.717) is 17.1 Å². The molecule has 0 aromatic heterocycles. The van der Waals surface area contributed by atoms with Gasteiger partial charge in [-0.25, -0.2) is 0 Å². The molecule has 140 valence electrons. The lowest BCUT2D eigenvalue weighted by Gasteiger charge is -2.24. The van der Waals surface area contributed by atoms with Crippen LogP contribution in [0, 0.1) is 23.2 Å². The second kappa shape index (κ2) is 6.63. The van der Waals surface area contributed by atoms with Crippen molar-refractivity contribution in [2.75, 3.05) is 17.7 Å². The van der Waals surface area contributed by atoms with Gasteiger partial charge in [-0.15, -0.1) is 0 Å². The number of ether oxygens (including phenoxy) is 1. The Morgan fingerprint density at radius 2 is 1.73 bits per heavy atom. The molecule has 7 heteroatoms. The summed E-state index contributed by atoms with van der Waals surface area (Å²) < 4.78 is 5.19. The SMILES string of the molecule is COc1ccc(NC(=O)C2CCC2)c(NC(=O)[C@@H]2[C@H](C(=O)O)C2(C)C)c1. The van der Waals surface area contributed by atoms with Gasteiger partial charge in [0.25, 0.3) is 0 Å². The lowest BCUT2D eigenvalue weighted by molar-refractivity contribution is -0.140. The van der Waals surface area contributed by atoms with Crippen LogP contribution in [0.25, 0.3) is 0 Å². The minimum Gasteiger partial charge on any atom is -0.497 e. The molecule has 3 N–H and O–H groups in total. The van der Waals surface area contributed by atoms with Crippen molar-refractivity contribution >= 4 is 29.2 Å². The van der Waals surface area contributed by atoms with E-state index in [4.69, 9.17) is 4.74 Å². The van der Waals surface area contributed by atoms with Crippen LogP contribution in [0.2, 0.25) is 0 Å². The topological polar surface area (TPSA) is 105 Å². The zero-order valence-electron chi connectivity index (χ0n) is 15.2. The number of benzene rings is 1. The van der Waals surface area contributed by atoms with Gasteiger partial charge in [0.05, 0.1) is 30.3 Å². The fraction of sp³-hybridized carbons (Fsp3) is 0.526. The standard InChI is InChI=1S/C19H24N2O5/c1-19(2)14(15(19)18(24)25)17(23)21-13-9-11(26-3)7-8-12(13)20-16(22)10-5-4-6-10/h7-10,14-15H,4-6H2,1-3H3,(H,20,22)(H,21,23)(H,24,25)/t14-,15+/m0/s1. The van der Waals surface area contributed by atoms with Gasteiger partial charge in [0, 0.05) is 12.0 Å². The van der Waals surface area contributed by atoms with Gasteiger partial charge >= 0.3 is 5.97 Å². The molecule has 1 aromatic carbocycles. The smallest absolute Gasteiger partial charge is 0.307 e. The van der Waals surface area contributed by atoms with Gasteiger partial charge in [0.1, 0.15) is 5.75 Å². The van der Waals surface area contributed by atoms with Crippen molar-refractivity contribution in [2.24, 2.45) is 23.2 Å². The summed E-state index contributed by atoms with van der Waals surface area (Å²) in [5, 5.41) is 14.9. The molecule has 2 atom stereocenters. The first-order chi connectivity index (χ1) is 12.3. The van der Waals surface area contributed by atoms with Gasteiger partial charge in [-0.05, 0) is 30.4 Å². The molecule has 2 saturated carbocycles. The van der Waals surface area contributed by atoms with E-state index in [0.717, 1.165) is 19.3 Å².